The lowest BCUT2D eigenvalue weighted by atomic mass is 9.86. The SMILES string of the molecule is CCNC(C)C(c1cc(OCC)ncn1)C(C)C. The molecule has 0 fully saturated rings. The quantitative estimate of drug-likeness (QED) is 0.809. The summed E-state index contributed by atoms with van der Waals surface area (Å²) >= 11 is 0. The molecule has 1 aromatic rings. The van der Waals surface area contributed by atoms with Gasteiger partial charge < -0.3 is 10.1 Å². The average molecular weight is 251 g/mol. The molecule has 0 aromatic carbocycles. The van der Waals surface area contributed by atoms with E-state index in [1.54, 1.807) is 6.33 Å². The zero-order valence-corrected chi connectivity index (χ0v) is 12.1. The molecule has 1 rings (SSSR count). The first-order valence-corrected chi connectivity index (χ1v) is 6.78. The number of aromatic nitrogens is 2. The fraction of sp³-hybridized carbons (Fsp3) is 0.714. The minimum absolute atomic E-state index is 0.368. The molecule has 1 heterocycles. The number of hydrogen-bond donors (Lipinski definition) is 1. The van der Waals surface area contributed by atoms with Gasteiger partial charge >= 0.3 is 0 Å². The van der Waals surface area contributed by atoms with Crippen LogP contribution in [0.3, 0.4) is 0 Å². The predicted molar refractivity (Wildman–Crippen MR) is 73.9 cm³/mol. The maximum Gasteiger partial charge on any atom is 0.216 e. The van der Waals surface area contributed by atoms with Gasteiger partial charge in [-0.3, -0.25) is 0 Å². The fourth-order valence-corrected chi connectivity index (χ4v) is 2.39. The first-order valence-electron chi connectivity index (χ1n) is 6.78. The highest BCUT2D eigenvalue weighted by molar-refractivity contribution is 5.19. The van der Waals surface area contributed by atoms with E-state index >= 15 is 0 Å². The summed E-state index contributed by atoms with van der Waals surface area (Å²) in [6.45, 7) is 12.3. The highest BCUT2D eigenvalue weighted by Gasteiger charge is 2.24. The van der Waals surface area contributed by atoms with Crippen molar-refractivity contribution in [1.29, 1.82) is 0 Å². The van der Waals surface area contributed by atoms with Gasteiger partial charge in [-0.25, -0.2) is 9.97 Å². The monoisotopic (exact) mass is 251 g/mol. The highest BCUT2D eigenvalue weighted by atomic mass is 16.5. The lowest BCUT2D eigenvalue weighted by molar-refractivity contribution is 0.322. The molecule has 102 valence electrons. The molecular formula is C14H25N3O. The highest BCUT2D eigenvalue weighted by Crippen LogP contribution is 2.27. The van der Waals surface area contributed by atoms with Gasteiger partial charge in [-0.15, -0.1) is 0 Å². The molecule has 0 saturated heterocycles. The summed E-state index contributed by atoms with van der Waals surface area (Å²) in [4.78, 5) is 8.54. The number of hydrogen-bond acceptors (Lipinski definition) is 4. The second kappa shape index (κ2) is 7.31. The van der Waals surface area contributed by atoms with E-state index in [2.05, 4.69) is 43.0 Å². The Bertz CT molecular complexity index is 355. The molecule has 1 aromatic heterocycles. The Morgan fingerprint density at radius 1 is 1.22 bits per heavy atom. The molecule has 0 aliphatic heterocycles. The molecule has 0 saturated carbocycles. The standard InChI is InChI=1S/C14H25N3O/c1-6-15-11(5)14(10(3)4)12-8-13(18-7-2)17-9-16-12/h8-11,14-15H,6-7H2,1-5H3. The summed E-state index contributed by atoms with van der Waals surface area (Å²) in [5.41, 5.74) is 1.05. The van der Waals surface area contributed by atoms with Gasteiger partial charge in [0, 0.05) is 18.0 Å². The average Bonchev–Trinajstić information content (AvgIpc) is 2.30. The summed E-state index contributed by atoms with van der Waals surface area (Å²) in [6, 6.07) is 2.35. The van der Waals surface area contributed by atoms with Gasteiger partial charge in [0.1, 0.15) is 6.33 Å². The zero-order valence-electron chi connectivity index (χ0n) is 12.1. The van der Waals surface area contributed by atoms with Crippen LogP contribution in [0, 0.1) is 5.92 Å². The molecule has 0 spiro atoms. The molecule has 0 aliphatic carbocycles. The summed E-state index contributed by atoms with van der Waals surface area (Å²) in [6.07, 6.45) is 1.59. The van der Waals surface area contributed by atoms with Crippen LogP contribution in [0.5, 0.6) is 5.88 Å². The van der Waals surface area contributed by atoms with Crippen LogP contribution in [0.25, 0.3) is 0 Å². The third kappa shape index (κ3) is 3.95. The molecule has 2 atom stereocenters. The molecule has 0 bridgehead atoms. The van der Waals surface area contributed by atoms with Crippen molar-refractivity contribution in [2.24, 2.45) is 5.92 Å². The lowest BCUT2D eigenvalue weighted by Gasteiger charge is -2.27. The van der Waals surface area contributed by atoms with Crippen LogP contribution in [0.4, 0.5) is 0 Å². The number of nitrogens with one attached hydrogen (secondary N) is 1. The van der Waals surface area contributed by atoms with Crippen LogP contribution in [0.15, 0.2) is 12.4 Å². The van der Waals surface area contributed by atoms with Gasteiger partial charge in [-0.2, -0.15) is 0 Å². The first kappa shape index (κ1) is 14.9. The number of likely N-dealkylation sites (N-methyl/N-ethyl adjacent to an activating group) is 1. The second-order valence-electron chi connectivity index (χ2n) is 4.83. The Balaban J connectivity index is 2.94. The van der Waals surface area contributed by atoms with E-state index in [0.717, 1.165) is 12.2 Å². The Hall–Kier alpha value is -1.16. The van der Waals surface area contributed by atoms with Gasteiger partial charge in [0.2, 0.25) is 5.88 Å². The normalized spacial score (nSPS) is 14.6. The lowest BCUT2D eigenvalue weighted by Crippen LogP contribution is -2.35. The minimum Gasteiger partial charge on any atom is -0.478 e. The third-order valence-electron chi connectivity index (χ3n) is 3.08. The summed E-state index contributed by atoms with van der Waals surface area (Å²) in [5.74, 6) is 1.55. The van der Waals surface area contributed by atoms with E-state index in [9.17, 15) is 0 Å². The number of nitrogens with zero attached hydrogens (tertiary/aromatic N) is 2. The molecule has 4 heteroatoms. The van der Waals surface area contributed by atoms with E-state index in [-0.39, 0.29) is 0 Å². The zero-order chi connectivity index (χ0) is 13.5. The Kier molecular flexibility index (Phi) is 6.05. The second-order valence-corrected chi connectivity index (χ2v) is 4.83. The minimum atomic E-state index is 0.368. The molecular weight excluding hydrogens is 226 g/mol. The molecule has 1 N–H and O–H groups in total. The van der Waals surface area contributed by atoms with Crippen molar-refractivity contribution in [3.63, 3.8) is 0 Å². The molecule has 18 heavy (non-hydrogen) atoms. The van der Waals surface area contributed by atoms with Crippen molar-refractivity contribution in [1.82, 2.24) is 15.3 Å². The smallest absolute Gasteiger partial charge is 0.216 e. The Labute approximate surface area is 110 Å². The van der Waals surface area contributed by atoms with Crippen molar-refractivity contribution in [3.8, 4) is 5.88 Å². The molecule has 0 amide bonds. The maximum atomic E-state index is 5.44. The molecule has 2 unspecified atom stereocenters. The van der Waals surface area contributed by atoms with E-state index in [1.165, 1.54) is 0 Å². The van der Waals surface area contributed by atoms with Gasteiger partial charge in [0.15, 0.2) is 0 Å². The van der Waals surface area contributed by atoms with Crippen LogP contribution < -0.4 is 10.1 Å². The number of rotatable bonds is 7. The van der Waals surface area contributed by atoms with Crippen LogP contribution in [0.1, 0.15) is 46.2 Å². The third-order valence-corrected chi connectivity index (χ3v) is 3.08. The Morgan fingerprint density at radius 2 is 1.94 bits per heavy atom. The van der Waals surface area contributed by atoms with Crippen molar-refractivity contribution in [2.45, 2.75) is 46.6 Å². The van der Waals surface area contributed by atoms with Crippen LogP contribution in [-0.4, -0.2) is 29.2 Å². The van der Waals surface area contributed by atoms with E-state index in [4.69, 9.17) is 4.74 Å². The van der Waals surface area contributed by atoms with Gasteiger partial charge in [-0.1, -0.05) is 20.8 Å². The predicted octanol–water partition coefficient (Wildman–Crippen LogP) is 2.61. The van der Waals surface area contributed by atoms with Gasteiger partial charge in [0.25, 0.3) is 0 Å². The largest absolute Gasteiger partial charge is 0.478 e. The topological polar surface area (TPSA) is 47.0 Å². The van der Waals surface area contributed by atoms with Crippen LogP contribution in [0.2, 0.25) is 0 Å². The maximum absolute atomic E-state index is 5.44. The summed E-state index contributed by atoms with van der Waals surface area (Å²) in [7, 11) is 0. The van der Waals surface area contributed by atoms with Crippen LogP contribution >= 0.6 is 0 Å². The van der Waals surface area contributed by atoms with Gasteiger partial charge in [-0.05, 0) is 26.3 Å². The van der Waals surface area contributed by atoms with E-state index in [1.807, 2.05) is 13.0 Å². The fourth-order valence-electron chi connectivity index (χ4n) is 2.39. The molecule has 4 nitrogen and oxygen atoms in total. The summed E-state index contributed by atoms with van der Waals surface area (Å²) in [5, 5.41) is 3.48. The van der Waals surface area contributed by atoms with Crippen LogP contribution in [-0.2, 0) is 0 Å². The van der Waals surface area contributed by atoms with Crippen molar-refractivity contribution >= 4 is 0 Å². The van der Waals surface area contributed by atoms with E-state index < -0.39 is 0 Å². The van der Waals surface area contributed by atoms with Crippen molar-refractivity contribution in [3.05, 3.63) is 18.1 Å². The van der Waals surface area contributed by atoms with Crippen molar-refractivity contribution < 1.29 is 4.74 Å². The number of ether oxygens (including phenoxy) is 1. The van der Waals surface area contributed by atoms with Crippen molar-refractivity contribution in [2.75, 3.05) is 13.2 Å². The summed E-state index contributed by atoms with van der Waals surface area (Å²) < 4.78 is 5.44. The van der Waals surface area contributed by atoms with E-state index in [0.29, 0.717) is 30.4 Å². The van der Waals surface area contributed by atoms with Gasteiger partial charge in [0.05, 0.1) is 12.3 Å². The molecule has 0 radical (unpaired) electrons. The Morgan fingerprint density at radius 3 is 2.50 bits per heavy atom. The molecule has 0 aliphatic rings. The first-order chi connectivity index (χ1) is 8.60.